The van der Waals surface area contributed by atoms with Gasteiger partial charge in [0.2, 0.25) is 0 Å². The normalized spacial score (nSPS) is 32.2. The summed E-state index contributed by atoms with van der Waals surface area (Å²) in [6.07, 6.45) is -1.24. The highest BCUT2D eigenvalue weighted by molar-refractivity contribution is 5.72. The molecule has 5 nitrogen and oxygen atoms in total. The highest BCUT2D eigenvalue weighted by atomic mass is 16.6. The average Bonchev–Trinajstić information content (AvgIpc) is 2.08. The van der Waals surface area contributed by atoms with Gasteiger partial charge in [-0.25, -0.2) is 0 Å². The predicted octanol–water partition coefficient (Wildman–Crippen LogP) is 0.268. The minimum atomic E-state index is -0.504. The van der Waals surface area contributed by atoms with E-state index in [1.165, 1.54) is 14.0 Å². The molecule has 0 aliphatic carbocycles. The molecule has 1 heterocycles. The molecule has 0 N–H and O–H groups in total. The van der Waals surface area contributed by atoms with Gasteiger partial charge in [0.1, 0.15) is 12.2 Å². The third-order valence-electron chi connectivity index (χ3n) is 2.12. The van der Waals surface area contributed by atoms with Crippen LogP contribution in [0.1, 0.15) is 20.3 Å². The molecule has 1 rings (SSSR count). The quantitative estimate of drug-likeness (QED) is 0.601. The van der Waals surface area contributed by atoms with Crippen molar-refractivity contribution < 1.29 is 23.8 Å². The zero-order valence-corrected chi connectivity index (χ0v) is 8.48. The highest BCUT2D eigenvalue weighted by Gasteiger charge is 2.38. The lowest BCUT2D eigenvalue weighted by molar-refractivity contribution is -0.192. The maximum absolute atomic E-state index is 11.0. The lowest BCUT2D eigenvalue weighted by atomic mass is 10.0. The number of cyclic esters (lactones) is 1. The summed E-state index contributed by atoms with van der Waals surface area (Å²) in [6.45, 7) is 2.99. The summed E-state index contributed by atoms with van der Waals surface area (Å²) in [5.74, 6) is -0.727. The maximum Gasteiger partial charge on any atom is 0.308 e. The van der Waals surface area contributed by atoms with Crippen LogP contribution in [0.5, 0.6) is 0 Å². The number of methoxy groups -OCH3 is 1. The molecule has 0 aromatic heterocycles. The van der Waals surface area contributed by atoms with E-state index in [-0.39, 0.29) is 12.4 Å². The standard InChI is InChI=1S/C9H14O5/c1-5-9(14-6(2)10)7(12-3)4-8(11)13-5/h5,7,9H,4H2,1-3H3/t5?,7-,9-/m1/s1. The van der Waals surface area contributed by atoms with Crippen LogP contribution in [0.3, 0.4) is 0 Å². The summed E-state index contributed by atoms with van der Waals surface area (Å²) in [4.78, 5) is 21.8. The molecule has 0 amide bonds. The Balaban J connectivity index is 2.67. The van der Waals surface area contributed by atoms with Crippen LogP contribution in [0, 0.1) is 0 Å². The number of ether oxygens (including phenoxy) is 3. The second kappa shape index (κ2) is 4.41. The number of carbonyl (C=O) groups excluding carboxylic acids is 2. The lowest BCUT2D eigenvalue weighted by Crippen LogP contribution is -2.48. The Bertz CT molecular complexity index is 237. The summed E-state index contributed by atoms with van der Waals surface area (Å²) in [7, 11) is 1.48. The summed E-state index contributed by atoms with van der Waals surface area (Å²) >= 11 is 0. The zero-order chi connectivity index (χ0) is 10.7. The number of carbonyl (C=O) groups is 2. The van der Waals surface area contributed by atoms with E-state index in [4.69, 9.17) is 14.2 Å². The molecule has 0 aromatic carbocycles. The van der Waals surface area contributed by atoms with E-state index in [9.17, 15) is 9.59 Å². The Morgan fingerprint density at radius 3 is 2.71 bits per heavy atom. The maximum atomic E-state index is 11.0. The summed E-state index contributed by atoms with van der Waals surface area (Å²) in [6, 6.07) is 0. The second-order valence-electron chi connectivity index (χ2n) is 3.25. The molecule has 5 heteroatoms. The Hall–Kier alpha value is -1.10. The topological polar surface area (TPSA) is 61.8 Å². The molecule has 1 unspecified atom stereocenters. The molecule has 1 saturated heterocycles. The van der Waals surface area contributed by atoms with Gasteiger partial charge in [0.05, 0.1) is 6.42 Å². The van der Waals surface area contributed by atoms with Crippen molar-refractivity contribution in [1.82, 2.24) is 0 Å². The van der Waals surface area contributed by atoms with Crippen LogP contribution in [0.2, 0.25) is 0 Å². The molecule has 0 spiro atoms. The highest BCUT2D eigenvalue weighted by Crippen LogP contribution is 2.21. The van der Waals surface area contributed by atoms with Gasteiger partial charge in [-0.05, 0) is 6.92 Å². The molecular weight excluding hydrogens is 188 g/mol. The van der Waals surface area contributed by atoms with Gasteiger partial charge in [-0.2, -0.15) is 0 Å². The minimum absolute atomic E-state index is 0.124. The minimum Gasteiger partial charge on any atom is -0.459 e. The lowest BCUT2D eigenvalue weighted by Gasteiger charge is -2.33. The van der Waals surface area contributed by atoms with Gasteiger partial charge in [0.25, 0.3) is 0 Å². The van der Waals surface area contributed by atoms with Crippen LogP contribution in [0.4, 0.5) is 0 Å². The van der Waals surface area contributed by atoms with Crippen LogP contribution in [-0.4, -0.2) is 37.4 Å². The van der Waals surface area contributed by atoms with Crippen molar-refractivity contribution in [2.24, 2.45) is 0 Å². The van der Waals surface area contributed by atoms with E-state index in [2.05, 4.69) is 0 Å². The molecule has 0 saturated carbocycles. The molecule has 1 aliphatic rings. The molecule has 1 fully saturated rings. The monoisotopic (exact) mass is 202 g/mol. The van der Waals surface area contributed by atoms with Crippen LogP contribution in [-0.2, 0) is 23.8 Å². The van der Waals surface area contributed by atoms with Crippen LogP contribution in [0.25, 0.3) is 0 Å². The molecule has 0 aromatic rings. The first-order chi connectivity index (χ1) is 6.54. The van der Waals surface area contributed by atoms with Crippen LogP contribution >= 0.6 is 0 Å². The first-order valence-corrected chi connectivity index (χ1v) is 4.44. The zero-order valence-electron chi connectivity index (χ0n) is 8.48. The van der Waals surface area contributed by atoms with Gasteiger partial charge in [-0.1, -0.05) is 0 Å². The Labute approximate surface area is 82.3 Å². The smallest absolute Gasteiger partial charge is 0.308 e. The Morgan fingerprint density at radius 2 is 2.21 bits per heavy atom. The van der Waals surface area contributed by atoms with E-state index in [1.807, 2.05) is 0 Å². The van der Waals surface area contributed by atoms with Crippen molar-refractivity contribution in [2.45, 2.75) is 38.6 Å². The third kappa shape index (κ3) is 2.45. The van der Waals surface area contributed by atoms with E-state index >= 15 is 0 Å². The fraction of sp³-hybridized carbons (Fsp3) is 0.778. The first kappa shape index (κ1) is 11.0. The van der Waals surface area contributed by atoms with Gasteiger partial charge < -0.3 is 14.2 Å². The van der Waals surface area contributed by atoms with Gasteiger partial charge in [-0.15, -0.1) is 0 Å². The summed E-state index contributed by atoms with van der Waals surface area (Å²) in [5, 5.41) is 0. The van der Waals surface area contributed by atoms with Gasteiger partial charge in [0, 0.05) is 14.0 Å². The number of hydrogen-bond acceptors (Lipinski definition) is 5. The van der Waals surface area contributed by atoms with Crippen molar-refractivity contribution in [3.05, 3.63) is 0 Å². The SMILES string of the molecule is CO[C@@H]1CC(=O)OC(C)[C@H]1OC(C)=O. The molecular formula is C9H14O5. The number of rotatable bonds is 2. The van der Waals surface area contributed by atoms with Gasteiger partial charge >= 0.3 is 11.9 Å². The largest absolute Gasteiger partial charge is 0.459 e. The van der Waals surface area contributed by atoms with E-state index in [1.54, 1.807) is 6.92 Å². The Morgan fingerprint density at radius 1 is 1.57 bits per heavy atom. The second-order valence-corrected chi connectivity index (χ2v) is 3.25. The third-order valence-corrected chi connectivity index (χ3v) is 2.12. The number of esters is 2. The van der Waals surface area contributed by atoms with Crippen LogP contribution < -0.4 is 0 Å². The van der Waals surface area contributed by atoms with Crippen molar-refractivity contribution >= 4 is 11.9 Å². The van der Waals surface area contributed by atoms with Crippen LogP contribution in [0.15, 0.2) is 0 Å². The van der Waals surface area contributed by atoms with E-state index < -0.39 is 24.3 Å². The van der Waals surface area contributed by atoms with E-state index in [0.717, 1.165) is 0 Å². The molecule has 80 valence electrons. The fourth-order valence-corrected chi connectivity index (χ4v) is 1.49. The Kier molecular flexibility index (Phi) is 3.46. The fourth-order valence-electron chi connectivity index (χ4n) is 1.49. The molecule has 1 aliphatic heterocycles. The first-order valence-electron chi connectivity index (χ1n) is 4.44. The molecule has 0 radical (unpaired) electrons. The van der Waals surface area contributed by atoms with Crippen molar-refractivity contribution in [3.63, 3.8) is 0 Å². The predicted molar refractivity (Wildman–Crippen MR) is 46.5 cm³/mol. The van der Waals surface area contributed by atoms with Crippen molar-refractivity contribution in [2.75, 3.05) is 7.11 Å². The summed E-state index contributed by atoms with van der Waals surface area (Å²) < 4.78 is 15.0. The molecule has 0 bridgehead atoms. The van der Waals surface area contributed by atoms with Gasteiger partial charge in [-0.3, -0.25) is 9.59 Å². The number of hydrogen-bond donors (Lipinski definition) is 0. The average molecular weight is 202 g/mol. The van der Waals surface area contributed by atoms with Gasteiger partial charge in [0.15, 0.2) is 6.10 Å². The van der Waals surface area contributed by atoms with Crippen molar-refractivity contribution in [1.29, 1.82) is 0 Å². The summed E-state index contributed by atoms with van der Waals surface area (Å²) in [5.41, 5.74) is 0. The van der Waals surface area contributed by atoms with Crippen molar-refractivity contribution in [3.8, 4) is 0 Å². The van der Waals surface area contributed by atoms with E-state index in [0.29, 0.717) is 0 Å². The molecule has 14 heavy (non-hydrogen) atoms. The molecule has 3 atom stereocenters.